The maximum absolute atomic E-state index is 8.47. The highest BCUT2D eigenvalue weighted by Gasteiger charge is 2.23. The summed E-state index contributed by atoms with van der Waals surface area (Å²) in [4.78, 5) is 4.46. The van der Waals surface area contributed by atoms with Crippen LogP contribution in [0.4, 0.5) is 0 Å². The predicted octanol–water partition coefficient (Wildman–Crippen LogP) is 2.26. The van der Waals surface area contributed by atoms with E-state index in [0.29, 0.717) is 0 Å². The average molecular weight is 222 g/mol. The smallest absolute Gasteiger partial charge is 0.202 e. The van der Waals surface area contributed by atoms with Crippen LogP contribution in [0.25, 0.3) is 0 Å². The molecule has 1 saturated carbocycles. The molecule has 0 atom stereocenters. The first-order chi connectivity index (χ1) is 7.66. The van der Waals surface area contributed by atoms with Crippen LogP contribution in [0.2, 0.25) is 0 Å². The molecule has 3 N–H and O–H groups in total. The number of guanidine groups is 1. The Hall–Kier alpha value is -1.24. The molecule has 0 aromatic carbocycles. The largest absolute Gasteiger partial charge is 0.369 e. The molecule has 0 aromatic heterocycles. The van der Waals surface area contributed by atoms with Gasteiger partial charge in [-0.3, -0.25) is 5.32 Å². The molecule has 0 heterocycles. The minimum atomic E-state index is -0.0850. The minimum absolute atomic E-state index is 0.0850. The van der Waals surface area contributed by atoms with Crippen molar-refractivity contribution in [1.29, 1.82) is 5.26 Å². The van der Waals surface area contributed by atoms with Crippen LogP contribution in [0.15, 0.2) is 4.99 Å². The Labute approximate surface area is 97.9 Å². The Morgan fingerprint density at radius 1 is 1.19 bits per heavy atom. The standard InChI is InChI=1S/C12H22N4/c1-12(16-11(14)15-10-13)8-6-4-2-3-5-7-9-12/h2-9H2,1H3,(H3,14,15,16). The fourth-order valence-electron chi connectivity index (χ4n) is 2.33. The topological polar surface area (TPSA) is 74.2 Å². The Morgan fingerprint density at radius 2 is 1.69 bits per heavy atom. The number of aliphatic imine (C=N–C) groups is 1. The van der Waals surface area contributed by atoms with Gasteiger partial charge in [0.05, 0.1) is 5.54 Å². The van der Waals surface area contributed by atoms with Crippen LogP contribution in [0.3, 0.4) is 0 Å². The van der Waals surface area contributed by atoms with E-state index in [1.54, 1.807) is 0 Å². The Balaban J connectivity index is 2.63. The van der Waals surface area contributed by atoms with Crippen molar-refractivity contribution in [2.45, 2.75) is 63.8 Å². The van der Waals surface area contributed by atoms with Crippen LogP contribution in [0.1, 0.15) is 58.3 Å². The minimum Gasteiger partial charge on any atom is -0.369 e. The number of rotatable bonds is 1. The van der Waals surface area contributed by atoms with Crippen molar-refractivity contribution in [1.82, 2.24) is 5.32 Å². The van der Waals surface area contributed by atoms with Crippen molar-refractivity contribution >= 4 is 5.96 Å². The van der Waals surface area contributed by atoms with Crippen molar-refractivity contribution in [3.05, 3.63) is 0 Å². The summed E-state index contributed by atoms with van der Waals surface area (Å²) in [6, 6.07) is 0. The second-order valence-electron chi connectivity index (χ2n) is 4.85. The third-order valence-corrected chi connectivity index (χ3v) is 3.26. The molecule has 0 radical (unpaired) electrons. The molecule has 0 spiro atoms. The van der Waals surface area contributed by atoms with Gasteiger partial charge in [0.15, 0.2) is 6.19 Å². The lowest BCUT2D eigenvalue weighted by atomic mass is 9.90. The fraction of sp³-hybridized carbons (Fsp3) is 0.833. The molecular weight excluding hydrogens is 200 g/mol. The van der Waals surface area contributed by atoms with Crippen molar-refractivity contribution in [2.24, 2.45) is 10.7 Å². The first-order valence-electron chi connectivity index (χ1n) is 6.17. The molecule has 0 amide bonds. The van der Waals surface area contributed by atoms with Crippen LogP contribution < -0.4 is 11.1 Å². The second-order valence-corrected chi connectivity index (χ2v) is 4.85. The Bertz CT molecular complexity index is 267. The van der Waals surface area contributed by atoms with Gasteiger partial charge in [-0.15, -0.1) is 0 Å². The van der Waals surface area contributed by atoms with Crippen molar-refractivity contribution in [3.63, 3.8) is 0 Å². The van der Waals surface area contributed by atoms with E-state index in [4.69, 9.17) is 11.0 Å². The summed E-state index contributed by atoms with van der Waals surface area (Å²) in [7, 11) is 0. The van der Waals surface area contributed by atoms with E-state index in [0.717, 1.165) is 12.8 Å². The maximum atomic E-state index is 8.47. The Kier molecular flexibility index (Phi) is 5.10. The summed E-state index contributed by atoms with van der Waals surface area (Å²) >= 11 is 0. The molecule has 1 aliphatic rings. The van der Waals surface area contributed by atoms with Crippen LogP contribution >= 0.6 is 0 Å². The number of nitrogens with one attached hydrogen (secondary N) is 1. The number of hydrogen-bond donors (Lipinski definition) is 2. The summed E-state index contributed by atoms with van der Waals surface area (Å²) in [6.45, 7) is 2.14. The molecule has 0 bridgehead atoms. The molecule has 16 heavy (non-hydrogen) atoms. The average Bonchev–Trinajstić information content (AvgIpc) is 2.31. The zero-order valence-electron chi connectivity index (χ0n) is 10.1. The quantitative estimate of drug-likeness (QED) is 0.309. The van der Waals surface area contributed by atoms with Crippen LogP contribution in [0.5, 0.6) is 0 Å². The molecule has 0 saturated heterocycles. The molecule has 1 rings (SSSR count). The highest BCUT2D eigenvalue weighted by atomic mass is 15.1. The highest BCUT2D eigenvalue weighted by molar-refractivity contribution is 5.79. The molecular formula is C12H22N4. The molecule has 1 fully saturated rings. The van der Waals surface area contributed by atoms with E-state index in [2.05, 4.69) is 17.2 Å². The van der Waals surface area contributed by atoms with Gasteiger partial charge in [0.2, 0.25) is 5.96 Å². The molecule has 1 aliphatic carbocycles. The molecule has 4 nitrogen and oxygen atoms in total. The van der Waals surface area contributed by atoms with Gasteiger partial charge in [-0.05, 0) is 19.8 Å². The summed E-state index contributed by atoms with van der Waals surface area (Å²) in [6.07, 6.45) is 11.6. The van der Waals surface area contributed by atoms with Crippen molar-refractivity contribution < 1.29 is 0 Å². The van der Waals surface area contributed by atoms with E-state index >= 15 is 0 Å². The van der Waals surface area contributed by atoms with Gasteiger partial charge in [-0.25, -0.2) is 4.99 Å². The zero-order valence-corrected chi connectivity index (χ0v) is 10.1. The third kappa shape index (κ3) is 4.52. The Morgan fingerprint density at radius 3 is 2.19 bits per heavy atom. The summed E-state index contributed by atoms with van der Waals surface area (Å²) in [5.41, 5.74) is 5.56. The predicted molar refractivity (Wildman–Crippen MR) is 65.7 cm³/mol. The van der Waals surface area contributed by atoms with Crippen molar-refractivity contribution in [3.8, 4) is 6.19 Å². The van der Waals surface area contributed by atoms with Gasteiger partial charge in [-0.2, -0.15) is 5.26 Å². The van der Waals surface area contributed by atoms with Crippen LogP contribution in [-0.4, -0.2) is 11.5 Å². The fourth-order valence-corrected chi connectivity index (χ4v) is 2.33. The van der Waals surface area contributed by atoms with Gasteiger partial charge in [0, 0.05) is 0 Å². The van der Waals surface area contributed by atoms with E-state index in [-0.39, 0.29) is 11.5 Å². The summed E-state index contributed by atoms with van der Waals surface area (Å²) in [5, 5.41) is 10.9. The van der Waals surface area contributed by atoms with E-state index in [1.165, 1.54) is 38.5 Å². The third-order valence-electron chi connectivity index (χ3n) is 3.26. The zero-order chi connectivity index (χ0) is 11.9. The first-order valence-corrected chi connectivity index (χ1v) is 6.17. The SMILES string of the molecule is CC1(N=C(N)NC#N)CCCCCCCC1. The number of nitrogens with zero attached hydrogens (tertiary/aromatic N) is 2. The van der Waals surface area contributed by atoms with E-state index < -0.39 is 0 Å². The molecule has 90 valence electrons. The maximum Gasteiger partial charge on any atom is 0.202 e. The highest BCUT2D eigenvalue weighted by Crippen LogP contribution is 2.28. The van der Waals surface area contributed by atoms with Crippen molar-refractivity contribution in [2.75, 3.05) is 0 Å². The van der Waals surface area contributed by atoms with Gasteiger partial charge in [-0.1, -0.05) is 38.5 Å². The number of nitrogens with two attached hydrogens (primary N) is 1. The molecule has 4 heteroatoms. The second kappa shape index (κ2) is 6.37. The lowest BCUT2D eigenvalue weighted by molar-refractivity contribution is 0.384. The normalized spacial score (nSPS) is 22.4. The van der Waals surface area contributed by atoms with Gasteiger partial charge >= 0.3 is 0 Å². The monoisotopic (exact) mass is 222 g/mol. The number of hydrogen-bond acceptors (Lipinski definition) is 2. The van der Waals surface area contributed by atoms with Crippen LogP contribution in [-0.2, 0) is 0 Å². The molecule has 0 unspecified atom stereocenters. The van der Waals surface area contributed by atoms with Crippen LogP contribution in [0, 0.1) is 11.5 Å². The summed E-state index contributed by atoms with van der Waals surface area (Å²) < 4.78 is 0. The van der Waals surface area contributed by atoms with E-state index in [9.17, 15) is 0 Å². The van der Waals surface area contributed by atoms with Gasteiger partial charge in [0.1, 0.15) is 0 Å². The molecule has 0 aliphatic heterocycles. The first kappa shape index (κ1) is 12.8. The van der Waals surface area contributed by atoms with Gasteiger partial charge < -0.3 is 5.73 Å². The van der Waals surface area contributed by atoms with Gasteiger partial charge in [0.25, 0.3) is 0 Å². The summed E-state index contributed by atoms with van der Waals surface area (Å²) in [5.74, 6) is 0.254. The lowest BCUT2D eigenvalue weighted by Crippen LogP contribution is -2.33. The number of nitriles is 1. The lowest BCUT2D eigenvalue weighted by Gasteiger charge is -2.25. The molecule has 0 aromatic rings. The van der Waals surface area contributed by atoms with E-state index in [1.807, 2.05) is 6.19 Å².